The van der Waals surface area contributed by atoms with Crippen LogP contribution in [0.25, 0.3) is 0 Å². The number of imide groups is 1. The van der Waals surface area contributed by atoms with Crippen LogP contribution in [-0.4, -0.2) is 35.4 Å². The number of hydrogen-bond acceptors (Lipinski definition) is 4. The van der Waals surface area contributed by atoms with Crippen molar-refractivity contribution in [3.63, 3.8) is 0 Å². The quantitative estimate of drug-likeness (QED) is 0.564. The molecule has 0 aliphatic heterocycles. The van der Waals surface area contributed by atoms with Gasteiger partial charge in [0.05, 0.1) is 5.41 Å². The lowest BCUT2D eigenvalue weighted by molar-refractivity contribution is -0.171. The highest BCUT2D eigenvalue weighted by Gasteiger charge is 2.60. The predicted octanol–water partition coefficient (Wildman–Crippen LogP) is 3.27. The molecule has 4 bridgehead atoms. The fraction of sp³-hybridized carbons (Fsp3) is 0.850. The van der Waals surface area contributed by atoms with E-state index in [1.165, 1.54) is 6.42 Å². The van der Waals surface area contributed by atoms with E-state index in [-0.39, 0.29) is 16.9 Å². The first-order valence-corrected chi connectivity index (χ1v) is 10.7. The van der Waals surface area contributed by atoms with E-state index in [1.807, 2.05) is 0 Å². The van der Waals surface area contributed by atoms with Crippen LogP contribution < -0.4 is 10.6 Å². The largest absolute Gasteiger partial charge is 0.455 e. The zero-order valence-electron chi connectivity index (χ0n) is 15.7. The van der Waals surface area contributed by atoms with Crippen molar-refractivity contribution < 1.29 is 19.1 Å². The van der Waals surface area contributed by atoms with E-state index in [2.05, 4.69) is 10.6 Å². The average Bonchev–Trinajstić information content (AvgIpc) is 2.58. The molecule has 0 aromatic heterocycles. The van der Waals surface area contributed by atoms with E-state index >= 15 is 0 Å². The molecule has 5 rings (SSSR count). The number of rotatable bonds is 4. The minimum atomic E-state index is -0.582. The maximum absolute atomic E-state index is 12.8. The zero-order chi connectivity index (χ0) is 19.1. The highest BCUT2D eigenvalue weighted by Crippen LogP contribution is 2.64. The van der Waals surface area contributed by atoms with Crippen LogP contribution in [0.15, 0.2) is 0 Å². The van der Waals surface area contributed by atoms with Crippen molar-refractivity contribution in [2.45, 2.75) is 81.5 Å². The first kappa shape index (κ1) is 19.0. The minimum Gasteiger partial charge on any atom is -0.455 e. The third-order valence-corrected chi connectivity index (χ3v) is 7.39. The number of amides is 3. The van der Waals surface area contributed by atoms with Crippen molar-refractivity contribution in [2.24, 2.45) is 17.3 Å². The summed E-state index contributed by atoms with van der Waals surface area (Å²) < 4.78 is 5.33. The molecule has 0 spiro atoms. The van der Waals surface area contributed by atoms with Crippen molar-refractivity contribution in [3.05, 3.63) is 0 Å². The molecule has 2 unspecified atom stereocenters. The number of alkyl halides is 1. The Morgan fingerprint density at radius 3 is 2.30 bits per heavy atom. The number of carbonyl (C=O) groups excluding carboxylic acids is 3. The van der Waals surface area contributed by atoms with Gasteiger partial charge in [-0.15, -0.1) is 11.6 Å². The van der Waals surface area contributed by atoms with Gasteiger partial charge in [0.1, 0.15) is 0 Å². The van der Waals surface area contributed by atoms with Crippen molar-refractivity contribution in [3.8, 4) is 0 Å². The van der Waals surface area contributed by atoms with E-state index in [0.29, 0.717) is 18.3 Å². The third kappa shape index (κ3) is 4.10. The summed E-state index contributed by atoms with van der Waals surface area (Å²) in [4.78, 5) is 36.5. The summed E-state index contributed by atoms with van der Waals surface area (Å²) in [5.74, 6) is 0.0873. The fourth-order valence-electron chi connectivity index (χ4n) is 6.30. The molecule has 0 heterocycles. The molecular formula is C20H29ClN2O4. The average molecular weight is 397 g/mol. The number of ether oxygens (including phenoxy) is 1. The summed E-state index contributed by atoms with van der Waals surface area (Å²) in [7, 11) is 0. The number of nitrogens with one attached hydrogen (secondary N) is 2. The Balaban J connectivity index is 1.25. The van der Waals surface area contributed by atoms with Gasteiger partial charge < -0.3 is 10.1 Å². The van der Waals surface area contributed by atoms with Gasteiger partial charge in [0.2, 0.25) is 0 Å². The van der Waals surface area contributed by atoms with Gasteiger partial charge in [0.15, 0.2) is 6.61 Å². The molecule has 5 aliphatic rings. The molecule has 0 saturated heterocycles. The van der Waals surface area contributed by atoms with Crippen molar-refractivity contribution >= 4 is 29.5 Å². The number of halogens is 1. The van der Waals surface area contributed by atoms with Crippen LogP contribution in [0.3, 0.4) is 0 Å². The van der Waals surface area contributed by atoms with Crippen LogP contribution >= 0.6 is 11.6 Å². The van der Waals surface area contributed by atoms with Crippen LogP contribution in [0.4, 0.5) is 4.79 Å². The van der Waals surface area contributed by atoms with E-state index in [1.54, 1.807) is 0 Å². The maximum Gasteiger partial charge on any atom is 0.321 e. The molecule has 2 N–H and O–H groups in total. The summed E-state index contributed by atoms with van der Waals surface area (Å²) in [6, 6.07) is -0.376. The van der Waals surface area contributed by atoms with Gasteiger partial charge >= 0.3 is 12.0 Å². The molecule has 4 atom stereocenters. The number of urea groups is 1. The third-order valence-electron chi connectivity index (χ3n) is 6.95. The molecular weight excluding hydrogens is 368 g/mol. The second kappa shape index (κ2) is 7.26. The Morgan fingerprint density at radius 1 is 1.00 bits per heavy atom. The molecule has 6 nitrogen and oxygen atoms in total. The van der Waals surface area contributed by atoms with Gasteiger partial charge in [-0.25, -0.2) is 4.79 Å². The highest BCUT2D eigenvalue weighted by atomic mass is 35.5. The molecule has 0 aromatic rings. The lowest BCUT2D eigenvalue weighted by Gasteiger charge is -2.58. The van der Waals surface area contributed by atoms with Crippen molar-refractivity contribution in [1.82, 2.24) is 10.6 Å². The summed E-state index contributed by atoms with van der Waals surface area (Å²) in [5, 5.41) is 5.09. The lowest BCUT2D eigenvalue weighted by Crippen LogP contribution is -2.56. The topological polar surface area (TPSA) is 84.5 Å². The zero-order valence-corrected chi connectivity index (χ0v) is 16.5. The van der Waals surface area contributed by atoms with Gasteiger partial charge in [0.25, 0.3) is 5.91 Å². The molecule has 27 heavy (non-hydrogen) atoms. The maximum atomic E-state index is 12.8. The van der Waals surface area contributed by atoms with E-state index in [0.717, 1.165) is 57.8 Å². The smallest absolute Gasteiger partial charge is 0.321 e. The normalized spacial score (nSPS) is 37.7. The van der Waals surface area contributed by atoms with Crippen LogP contribution in [0, 0.1) is 17.3 Å². The van der Waals surface area contributed by atoms with Gasteiger partial charge in [-0.1, -0.05) is 19.3 Å². The standard InChI is InChI=1S/C20H29ClN2O4/c21-20-9-13-6-14(10-20)8-19(7-13,12-20)17(25)27-11-16(24)23-18(26)22-15-4-2-1-3-5-15/h13-15H,1-12H2,(H2,22,23,24,26)/t13-,14+,19?,20?. The molecule has 5 saturated carbocycles. The van der Waals surface area contributed by atoms with Gasteiger partial charge in [0, 0.05) is 10.9 Å². The van der Waals surface area contributed by atoms with Crippen LogP contribution in [0.1, 0.15) is 70.6 Å². The Kier molecular flexibility index (Phi) is 5.12. The molecule has 0 aromatic carbocycles. The summed E-state index contributed by atoms with van der Waals surface area (Å²) in [6.07, 6.45) is 10.7. The van der Waals surface area contributed by atoms with Crippen LogP contribution in [-0.2, 0) is 14.3 Å². The lowest BCUT2D eigenvalue weighted by atomic mass is 9.49. The second-order valence-corrected chi connectivity index (χ2v) is 10.1. The van der Waals surface area contributed by atoms with Gasteiger partial charge in [-0.2, -0.15) is 0 Å². The van der Waals surface area contributed by atoms with Crippen LogP contribution in [0.5, 0.6) is 0 Å². The van der Waals surface area contributed by atoms with E-state index in [4.69, 9.17) is 16.3 Å². The Hall–Kier alpha value is -1.30. The first-order chi connectivity index (χ1) is 12.9. The fourth-order valence-corrected chi connectivity index (χ4v) is 7.00. The number of carbonyl (C=O) groups is 3. The van der Waals surface area contributed by atoms with Gasteiger partial charge in [-0.3, -0.25) is 14.9 Å². The molecule has 5 aliphatic carbocycles. The first-order valence-electron chi connectivity index (χ1n) is 10.3. The molecule has 7 heteroatoms. The summed E-state index contributed by atoms with van der Waals surface area (Å²) >= 11 is 6.75. The second-order valence-electron chi connectivity index (χ2n) is 9.32. The number of esters is 1. The van der Waals surface area contributed by atoms with E-state index in [9.17, 15) is 14.4 Å². The minimum absolute atomic E-state index is 0.126. The Labute approximate surface area is 165 Å². The molecule has 150 valence electrons. The molecule has 0 radical (unpaired) electrons. The van der Waals surface area contributed by atoms with Crippen molar-refractivity contribution in [1.29, 1.82) is 0 Å². The Bertz CT molecular complexity index is 617. The van der Waals surface area contributed by atoms with Crippen molar-refractivity contribution in [2.75, 3.05) is 6.61 Å². The predicted molar refractivity (Wildman–Crippen MR) is 100 cm³/mol. The monoisotopic (exact) mass is 396 g/mol. The summed E-state index contributed by atoms with van der Waals surface area (Å²) in [5.41, 5.74) is -0.531. The Morgan fingerprint density at radius 2 is 1.67 bits per heavy atom. The summed E-state index contributed by atoms with van der Waals surface area (Å²) in [6.45, 7) is -0.413. The molecule has 3 amide bonds. The van der Waals surface area contributed by atoms with Gasteiger partial charge in [-0.05, 0) is 63.2 Å². The van der Waals surface area contributed by atoms with E-state index < -0.39 is 24.0 Å². The van der Waals surface area contributed by atoms with Crippen LogP contribution in [0.2, 0.25) is 0 Å². The SMILES string of the molecule is O=C(COC(=O)C12C[C@@H]3C[C@@H](CC(Cl)(C3)C1)C2)NC(=O)NC1CCCCC1. The highest BCUT2D eigenvalue weighted by molar-refractivity contribution is 6.24. The number of hydrogen-bond donors (Lipinski definition) is 2. The molecule has 5 fully saturated rings.